The summed E-state index contributed by atoms with van der Waals surface area (Å²) in [6, 6.07) is 9.84. The van der Waals surface area contributed by atoms with Crippen LogP contribution in [0.5, 0.6) is 0 Å². The molecular weight excluding hydrogens is 234 g/mol. The Morgan fingerprint density at radius 1 is 1.35 bits per heavy atom. The summed E-state index contributed by atoms with van der Waals surface area (Å²) in [5, 5.41) is 10.3. The molecule has 0 atom stereocenters. The largest absolute Gasteiger partial charge is 0.319 e. The minimum Gasteiger partial charge on any atom is -0.319 e. The van der Waals surface area contributed by atoms with Gasteiger partial charge in [0.2, 0.25) is 0 Å². The summed E-state index contributed by atoms with van der Waals surface area (Å²) in [6.07, 6.45) is 3.22. The number of aromatic amines is 1. The summed E-state index contributed by atoms with van der Waals surface area (Å²) >= 11 is 1.48. The monoisotopic (exact) mass is 243 g/mol. The van der Waals surface area contributed by atoms with E-state index in [2.05, 4.69) is 15.5 Å². The van der Waals surface area contributed by atoms with E-state index in [4.69, 9.17) is 0 Å². The first kappa shape index (κ1) is 10.0. The predicted octanol–water partition coefficient (Wildman–Crippen LogP) is 2.88. The highest BCUT2D eigenvalue weighted by Crippen LogP contribution is 2.25. The lowest BCUT2D eigenvalue weighted by Gasteiger charge is -1.97. The second kappa shape index (κ2) is 4.03. The van der Waals surface area contributed by atoms with Crippen molar-refractivity contribution in [2.45, 2.75) is 0 Å². The fraction of sp³-hybridized carbons (Fsp3) is 0. The molecule has 2 heterocycles. The van der Waals surface area contributed by atoms with Gasteiger partial charge in [0.05, 0.1) is 16.8 Å². The molecule has 0 aliphatic heterocycles. The van der Waals surface area contributed by atoms with E-state index < -0.39 is 0 Å². The third-order valence-electron chi connectivity index (χ3n) is 2.41. The van der Waals surface area contributed by atoms with Crippen molar-refractivity contribution in [1.29, 1.82) is 0 Å². The van der Waals surface area contributed by atoms with E-state index in [9.17, 15) is 4.79 Å². The second-order valence-corrected chi connectivity index (χ2v) is 4.67. The molecule has 0 saturated heterocycles. The molecule has 0 bridgehead atoms. The Hall–Kier alpha value is -2.14. The summed E-state index contributed by atoms with van der Waals surface area (Å²) in [4.78, 5) is 12.6. The Bertz CT molecular complexity index is 624. The standard InChI is InChI=1S/C12H9N3OS/c16-12(15-9-6-13-14-7-9)11-5-8-3-1-2-4-10(8)17-11/h1-7H,(H,13,14)(H,15,16). The molecule has 3 aromatic rings. The molecule has 2 aromatic heterocycles. The molecule has 5 heteroatoms. The van der Waals surface area contributed by atoms with Gasteiger partial charge in [-0.25, -0.2) is 0 Å². The lowest BCUT2D eigenvalue weighted by Crippen LogP contribution is -2.09. The van der Waals surface area contributed by atoms with Gasteiger partial charge < -0.3 is 5.32 Å². The average molecular weight is 243 g/mol. The van der Waals surface area contributed by atoms with Crippen LogP contribution < -0.4 is 5.32 Å². The van der Waals surface area contributed by atoms with E-state index in [0.29, 0.717) is 10.6 Å². The van der Waals surface area contributed by atoms with Crippen LogP contribution in [0.2, 0.25) is 0 Å². The van der Waals surface area contributed by atoms with Crippen LogP contribution in [0.4, 0.5) is 5.69 Å². The number of nitrogens with zero attached hydrogens (tertiary/aromatic N) is 1. The molecule has 1 amide bonds. The Morgan fingerprint density at radius 2 is 2.24 bits per heavy atom. The number of carbonyl (C=O) groups excluding carboxylic acids is 1. The number of benzene rings is 1. The number of anilines is 1. The predicted molar refractivity (Wildman–Crippen MR) is 68.4 cm³/mol. The van der Waals surface area contributed by atoms with Crippen LogP contribution in [-0.2, 0) is 0 Å². The van der Waals surface area contributed by atoms with Crippen molar-refractivity contribution in [3.63, 3.8) is 0 Å². The number of carbonyl (C=O) groups is 1. The van der Waals surface area contributed by atoms with Gasteiger partial charge >= 0.3 is 0 Å². The number of fused-ring (bicyclic) bond motifs is 1. The molecule has 4 nitrogen and oxygen atoms in total. The van der Waals surface area contributed by atoms with Crippen molar-refractivity contribution < 1.29 is 4.79 Å². The minimum absolute atomic E-state index is 0.104. The van der Waals surface area contributed by atoms with Crippen LogP contribution in [0, 0.1) is 0 Å². The molecule has 2 N–H and O–H groups in total. The molecule has 0 unspecified atom stereocenters. The molecule has 0 radical (unpaired) electrons. The Morgan fingerprint density at radius 3 is 3.00 bits per heavy atom. The van der Waals surface area contributed by atoms with Gasteiger partial charge in [0.25, 0.3) is 5.91 Å². The van der Waals surface area contributed by atoms with Crippen molar-refractivity contribution >= 4 is 33.0 Å². The van der Waals surface area contributed by atoms with Crippen LogP contribution in [-0.4, -0.2) is 16.1 Å². The van der Waals surface area contributed by atoms with E-state index in [-0.39, 0.29) is 5.91 Å². The second-order valence-electron chi connectivity index (χ2n) is 3.59. The van der Waals surface area contributed by atoms with Crippen molar-refractivity contribution in [3.05, 3.63) is 47.6 Å². The zero-order valence-electron chi connectivity index (χ0n) is 8.81. The molecule has 0 saturated carbocycles. The van der Waals surface area contributed by atoms with Crippen LogP contribution in [0.25, 0.3) is 10.1 Å². The van der Waals surface area contributed by atoms with Crippen LogP contribution in [0.1, 0.15) is 9.67 Å². The Labute approximate surface area is 101 Å². The van der Waals surface area contributed by atoms with E-state index >= 15 is 0 Å². The minimum atomic E-state index is -0.104. The van der Waals surface area contributed by atoms with Gasteiger partial charge in [-0.15, -0.1) is 11.3 Å². The van der Waals surface area contributed by atoms with Gasteiger partial charge in [0.1, 0.15) is 0 Å². The van der Waals surface area contributed by atoms with Gasteiger partial charge in [0, 0.05) is 10.9 Å². The molecule has 0 spiro atoms. The quantitative estimate of drug-likeness (QED) is 0.727. The summed E-state index contributed by atoms with van der Waals surface area (Å²) in [7, 11) is 0. The maximum atomic E-state index is 11.9. The molecule has 0 aliphatic carbocycles. The number of H-pyrrole nitrogens is 1. The summed E-state index contributed by atoms with van der Waals surface area (Å²) in [6.45, 7) is 0. The molecule has 0 fully saturated rings. The zero-order valence-corrected chi connectivity index (χ0v) is 9.62. The van der Waals surface area contributed by atoms with Gasteiger partial charge in [0.15, 0.2) is 0 Å². The van der Waals surface area contributed by atoms with Crippen molar-refractivity contribution in [2.24, 2.45) is 0 Å². The fourth-order valence-corrected chi connectivity index (χ4v) is 2.56. The molecule has 3 rings (SSSR count). The van der Waals surface area contributed by atoms with Crippen LogP contribution in [0.15, 0.2) is 42.7 Å². The van der Waals surface area contributed by atoms with Crippen LogP contribution >= 0.6 is 11.3 Å². The number of hydrogen-bond acceptors (Lipinski definition) is 3. The van der Waals surface area contributed by atoms with Gasteiger partial charge in [-0.05, 0) is 17.5 Å². The van der Waals surface area contributed by atoms with Gasteiger partial charge in [-0.2, -0.15) is 5.10 Å². The summed E-state index contributed by atoms with van der Waals surface area (Å²) in [5.41, 5.74) is 0.674. The smallest absolute Gasteiger partial charge is 0.265 e. The molecular formula is C12H9N3OS. The Kier molecular flexibility index (Phi) is 2.38. The highest BCUT2D eigenvalue weighted by atomic mass is 32.1. The first-order chi connectivity index (χ1) is 8.33. The van der Waals surface area contributed by atoms with Crippen molar-refractivity contribution in [3.8, 4) is 0 Å². The highest BCUT2D eigenvalue weighted by molar-refractivity contribution is 7.20. The number of hydrogen-bond donors (Lipinski definition) is 2. The molecule has 17 heavy (non-hydrogen) atoms. The zero-order chi connectivity index (χ0) is 11.7. The number of rotatable bonds is 2. The first-order valence-electron chi connectivity index (χ1n) is 5.11. The summed E-state index contributed by atoms with van der Waals surface area (Å²) in [5.74, 6) is -0.104. The third kappa shape index (κ3) is 1.92. The number of nitrogens with one attached hydrogen (secondary N) is 2. The third-order valence-corrected chi connectivity index (χ3v) is 3.52. The van der Waals surface area contributed by atoms with Crippen molar-refractivity contribution in [1.82, 2.24) is 10.2 Å². The topological polar surface area (TPSA) is 57.8 Å². The lowest BCUT2D eigenvalue weighted by molar-refractivity contribution is 0.103. The number of thiophene rings is 1. The molecule has 84 valence electrons. The SMILES string of the molecule is O=C(Nc1cn[nH]c1)c1cc2ccccc2s1. The average Bonchev–Trinajstić information content (AvgIpc) is 2.96. The fourth-order valence-electron chi connectivity index (χ4n) is 1.61. The number of aromatic nitrogens is 2. The van der Waals surface area contributed by atoms with Crippen molar-refractivity contribution in [2.75, 3.05) is 5.32 Å². The van der Waals surface area contributed by atoms with E-state index in [1.165, 1.54) is 11.3 Å². The first-order valence-corrected chi connectivity index (χ1v) is 5.93. The van der Waals surface area contributed by atoms with Crippen LogP contribution in [0.3, 0.4) is 0 Å². The molecule has 1 aromatic carbocycles. The van der Waals surface area contributed by atoms with Gasteiger partial charge in [-0.3, -0.25) is 9.89 Å². The number of amides is 1. The maximum absolute atomic E-state index is 11.9. The maximum Gasteiger partial charge on any atom is 0.265 e. The van der Waals surface area contributed by atoms with E-state index in [1.54, 1.807) is 12.4 Å². The highest BCUT2D eigenvalue weighted by Gasteiger charge is 2.10. The van der Waals surface area contributed by atoms with E-state index in [1.807, 2.05) is 30.3 Å². The lowest BCUT2D eigenvalue weighted by atomic mass is 10.2. The molecule has 0 aliphatic rings. The van der Waals surface area contributed by atoms with E-state index in [0.717, 1.165) is 10.1 Å². The normalized spacial score (nSPS) is 10.6. The van der Waals surface area contributed by atoms with Gasteiger partial charge in [-0.1, -0.05) is 18.2 Å². The Balaban J connectivity index is 1.90. The summed E-state index contributed by atoms with van der Waals surface area (Å²) < 4.78 is 1.12.